The Morgan fingerprint density at radius 1 is 0.800 bits per heavy atom. The van der Waals surface area contributed by atoms with Gasteiger partial charge in [0.15, 0.2) is 12.6 Å². The third-order valence-corrected chi connectivity index (χ3v) is 10.7. The number of likely N-dealkylation sites (tertiary alicyclic amines) is 1. The Balaban J connectivity index is 1.00. The van der Waals surface area contributed by atoms with E-state index in [0.29, 0.717) is 6.54 Å². The number of nitrogens with one attached hydrogen (secondary N) is 3. The summed E-state index contributed by atoms with van der Waals surface area (Å²) in [5, 5.41) is 3.20. The van der Waals surface area contributed by atoms with Gasteiger partial charge in [0.2, 0.25) is 12.3 Å². The quantitative estimate of drug-likeness (QED) is 0.140. The van der Waals surface area contributed by atoms with Gasteiger partial charge in [-0.2, -0.15) is 0 Å². The molecule has 1 unspecified atom stereocenters. The lowest BCUT2D eigenvalue weighted by Crippen LogP contribution is -2.56. The summed E-state index contributed by atoms with van der Waals surface area (Å²) in [5.74, 6) is 2.13. The lowest BCUT2D eigenvalue weighted by atomic mass is 9.85. The highest BCUT2D eigenvalue weighted by Gasteiger charge is 2.40. The van der Waals surface area contributed by atoms with Crippen LogP contribution in [0.2, 0.25) is 0 Å². The monoisotopic (exact) mass is 679 g/mol. The van der Waals surface area contributed by atoms with Gasteiger partial charge in [-0.05, 0) is 59.8 Å². The Kier molecular flexibility index (Phi) is 10.0. The van der Waals surface area contributed by atoms with E-state index >= 15 is 0 Å². The maximum absolute atomic E-state index is 13.6. The zero-order valence-corrected chi connectivity index (χ0v) is 29.4. The lowest BCUT2D eigenvalue weighted by molar-refractivity contribution is -0.335. The molecule has 2 aromatic carbocycles. The minimum Gasteiger partial charge on any atom is -0.342 e. The van der Waals surface area contributed by atoms with Gasteiger partial charge in [-0.25, -0.2) is 9.97 Å². The molecule has 50 heavy (non-hydrogen) atoms. The fourth-order valence-electron chi connectivity index (χ4n) is 7.63. The van der Waals surface area contributed by atoms with Gasteiger partial charge in [0, 0.05) is 18.4 Å². The van der Waals surface area contributed by atoms with Crippen LogP contribution >= 0.6 is 0 Å². The highest BCUT2D eigenvalue weighted by atomic mass is 16.9. The van der Waals surface area contributed by atoms with E-state index in [2.05, 4.69) is 63.8 Å². The molecule has 5 N–H and O–H groups in total. The van der Waals surface area contributed by atoms with Crippen molar-refractivity contribution < 1.29 is 19.1 Å². The number of carbonyl (C=O) groups excluding carboxylic acids is 2. The summed E-state index contributed by atoms with van der Waals surface area (Å²) in [6, 6.07) is 16.0. The molecule has 11 nitrogen and oxygen atoms in total. The minimum atomic E-state index is -0.531. The van der Waals surface area contributed by atoms with Crippen LogP contribution in [-0.2, 0) is 19.1 Å². The van der Waals surface area contributed by atoms with Crippen molar-refractivity contribution in [1.82, 2.24) is 30.2 Å². The molecule has 4 aromatic rings. The number of imidazole rings is 2. The van der Waals surface area contributed by atoms with Gasteiger partial charge < -0.3 is 30.1 Å². The number of amides is 1. The van der Waals surface area contributed by atoms with Crippen LogP contribution in [0.1, 0.15) is 83.4 Å². The molecule has 7 rings (SSSR count). The first-order chi connectivity index (χ1) is 24.2. The largest absolute Gasteiger partial charge is 0.342 e. The van der Waals surface area contributed by atoms with Crippen molar-refractivity contribution in [1.29, 1.82) is 0 Å². The molecule has 2 aliphatic heterocycles. The second-order valence-corrected chi connectivity index (χ2v) is 14.7. The zero-order valence-electron chi connectivity index (χ0n) is 29.4. The van der Waals surface area contributed by atoms with Crippen LogP contribution in [0.15, 0.2) is 60.9 Å². The SMILES string of the molecule is CC(C)[C@H](N)C(=O)C1CCC[C@H]1c1ncc(-c2ccc(-c3ccc(-c4cnc([C@@H]5CCCN5C(=O)[C@@H](NC5OCO5)C(C)C)[nH]4)cc3)cc2)[nH]1. The zero-order chi connectivity index (χ0) is 34.9. The molecule has 0 radical (unpaired) electrons. The van der Waals surface area contributed by atoms with E-state index in [9.17, 15) is 9.59 Å². The molecule has 0 bridgehead atoms. The van der Waals surface area contributed by atoms with E-state index < -0.39 is 18.5 Å². The predicted molar refractivity (Wildman–Crippen MR) is 191 cm³/mol. The maximum atomic E-state index is 13.6. The number of Topliss-reactive ketones (excluding diaryl/α,β-unsaturated/α-hetero) is 1. The van der Waals surface area contributed by atoms with Crippen LogP contribution in [0, 0.1) is 17.8 Å². The molecule has 3 aliphatic rings. The third-order valence-electron chi connectivity index (χ3n) is 10.7. The van der Waals surface area contributed by atoms with Crippen molar-refractivity contribution >= 4 is 11.7 Å². The average molecular weight is 680 g/mol. The Hall–Kier alpha value is -4.16. The number of ether oxygens (including phenoxy) is 2. The molecule has 1 aliphatic carbocycles. The third kappa shape index (κ3) is 6.92. The minimum absolute atomic E-state index is 0.0455. The molecule has 264 valence electrons. The van der Waals surface area contributed by atoms with Crippen LogP contribution in [0.3, 0.4) is 0 Å². The van der Waals surface area contributed by atoms with E-state index in [1.165, 1.54) is 0 Å². The number of hydrogen-bond donors (Lipinski definition) is 4. The molecular formula is C39H49N7O4. The smallest absolute Gasteiger partial charge is 0.240 e. The van der Waals surface area contributed by atoms with Gasteiger partial charge >= 0.3 is 0 Å². The van der Waals surface area contributed by atoms with E-state index in [4.69, 9.17) is 25.2 Å². The summed E-state index contributed by atoms with van der Waals surface area (Å²) in [4.78, 5) is 45.1. The molecule has 2 aromatic heterocycles. The predicted octanol–water partition coefficient (Wildman–Crippen LogP) is 6.14. The molecule has 3 fully saturated rings. The van der Waals surface area contributed by atoms with Crippen molar-refractivity contribution in [2.45, 2.75) is 90.3 Å². The second-order valence-electron chi connectivity index (χ2n) is 14.7. The van der Waals surface area contributed by atoms with Gasteiger partial charge in [-0.3, -0.25) is 14.9 Å². The van der Waals surface area contributed by atoms with Gasteiger partial charge in [0.25, 0.3) is 0 Å². The first kappa shape index (κ1) is 34.3. The fourth-order valence-corrected chi connectivity index (χ4v) is 7.63. The number of carbonyl (C=O) groups is 2. The molecule has 1 amide bonds. The van der Waals surface area contributed by atoms with Crippen LogP contribution in [0.5, 0.6) is 0 Å². The summed E-state index contributed by atoms with van der Waals surface area (Å²) >= 11 is 0. The molecule has 11 heteroatoms. The number of H-pyrrole nitrogens is 2. The van der Waals surface area contributed by atoms with Crippen LogP contribution < -0.4 is 11.1 Å². The van der Waals surface area contributed by atoms with Gasteiger partial charge in [-0.15, -0.1) is 0 Å². The number of hydrogen-bond acceptors (Lipinski definition) is 8. The van der Waals surface area contributed by atoms with E-state index in [1.54, 1.807) is 0 Å². The van der Waals surface area contributed by atoms with Crippen LogP contribution in [-0.4, -0.2) is 68.4 Å². The number of nitrogens with two attached hydrogens (primary N) is 1. The Labute approximate surface area is 293 Å². The number of aromatic amines is 2. The van der Waals surface area contributed by atoms with Gasteiger partial charge in [0.1, 0.15) is 11.6 Å². The standard InChI is InChI=1S/C39H49N7O4/c1-22(2)33(40)35(47)28-7-5-8-29(28)36-41-19-30(43-36)26-14-10-24(11-15-26)25-12-16-27(17-13-25)31-20-42-37(44-31)32-9-6-18-46(32)38(48)34(23(3)4)45-39-49-21-50-39/h10-17,19-20,22-23,28-29,32-34,39,45H,5-9,18,21,40H2,1-4H3,(H,41,43)(H,42,44)/t28?,29-,32+,33+,34+/m1/s1. The molecular weight excluding hydrogens is 630 g/mol. The second kappa shape index (κ2) is 14.6. The Morgan fingerprint density at radius 3 is 1.94 bits per heavy atom. The normalized spacial score (nSPS) is 22.3. The number of ketones is 1. The first-order valence-electron chi connectivity index (χ1n) is 18.1. The number of benzene rings is 2. The molecule has 4 heterocycles. The summed E-state index contributed by atoms with van der Waals surface area (Å²) < 4.78 is 10.7. The van der Waals surface area contributed by atoms with Gasteiger partial charge in [-0.1, -0.05) is 82.6 Å². The van der Waals surface area contributed by atoms with Crippen LogP contribution in [0.4, 0.5) is 0 Å². The first-order valence-corrected chi connectivity index (χ1v) is 18.1. The van der Waals surface area contributed by atoms with Crippen molar-refractivity contribution in [3.63, 3.8) is 0 Å². The summed E-state index contributed by atoms with van der Waals surface area (Å²) in [5.41, 5.74) is 12.4. The topological polar surface area (TPSA) is 151 Å². The van der Waals surface area contributed by atoms with Crippen molar-refractivity contribution in [3.8, 4) is 33.6 Å². The average Bonchev–Trinajstić information content (AvgIpc) is 3.93. The summed E-state index contributed by atoms with van der Waals surface area (Å²) in [6.07, 6.45) is 7.83. The highest BCUT2D eigenvalue weighted by molar-refractivity contribution is 5.87. The lowest BCUT2D eigenvalue weighted by Gasteiger charge is -2.35. The Bertz CT molecular complexity index is 1780. The van der Waals surface area contributed by atoms with E-state index in [1.807, 2.05) is 45.0 Å². The van der Waals surface area contributed by atoms with Gasteiger partial charge in [0.05, 0.1) is 41.9 Å². The molecule has 1 saturated carbocycles. The van der Waals surface area contributed by atoms with Crippen molar-refractivity contribution in [3.05, 3.63) is 72.6 Å². The van der Waals surface area contributed by atoms with Crippen LogP contribution in [0.25, 0.3) is 33.6 Å². The number of aromatic nitrogens is 4. The van der Waals surface area contributed by atoms with Crippen molar-refractivity contribution in [2.24, 2.45) is 23.5 Å². The molecule has 5 atom stereocenters. The van der Waals surface area contributed by atoms with E-state index in [-0.39, 0.29) is 48.2 Å². The summed E-state index contributed by atoms with van der Waals surface area (Å²) in [6.45, 7) is 9.01. The molecule has 2 saturated heterocycles. The molecule has 0 spiro atoms. The maximum Gasteiger partial charge on any atom is 0.240 e. The fraction of sp³-hybridized carbons (Fsp3) is 0.487. The summed E-state index contributed by atoms with van der Waals surface area (Å²) in [7, 11) is 0. The Morgan fingerprint density at radius 2 is 1.38 bits per heavy atom. The highest BCUT2D eigenvalue weighted by Crippen LogP contribution is 2.40. The van der Waals surface area contributed by atoms with E-state index in [0.717, 1.165) is 77.4 Å². The number of rotatable bonds is 12. The van der Waals surface area contributed by atoms with Crippen molar-refractivity contribution in [2.75, 3.05) is 13.3 Å². The number of nitrogens with zero attached hydrogens (tertiary/aromatic N) is 3.